The van der Waals surface area contributed by atoms with Crippen molar-refractivity contribution in [2.24, 2.45) is 5.92 Å². The first-order valence-electron chi connectivity index (χ1n) is 5.44. The molecule has 92 valence electrons. The van der Waals surface area contributed by atoms with Crippen LogP contribution in [0.5, 0.6) is 0 Å². The van der Waals surface area contributed by atoms with Gasteiger partial charge in [0.2, 0.25) is 0 Å². The minimum atomic E-state index is -0.824. The molecule has 1 aliphatic rings. The Morgan fingerprint density at radius 2 is 2.29 bits per heavy atom. The SMILES string of the molecule is O=C(O)[C@H]1CCCN(C(=O)c2cc(Br)c[nH]2)C1. The molecule has 0 aliphatic carbocycles. The number of carboxylic acids is 1. The minimum Gasteiger partial charge on any atom is -0.481 e. The molecule has 2 N–H and O–H groups in total. The van der Waals surface area contributed by atoms with E-state index in [1.54, 1.807) is 17.2 Å². The number of amides is 1. The lowest BCUT2D eigenvalue weighted by Gasteiger charge is -2.30. The lowest BCUT2D eigenvalue weighted by atomic mass is 9.98. The van der Waals surface area contributed by atoms with E-state index < -0.39 is 11.9 Å². The zero-order chi connectivity index (χ0) is 12.4. The lowest BCUT2D eigenvalue weighted by molar-refractivity contribution is -0.143. The molecule has 6 heteroatoms. The number of nitrogens with one attached hydrogen (secondary N) is 1. The Morgan fingerprint density at radius 1 is 1.53 bits per heavy atom. The van der Waals surface area contributed by atoms with Crippen molar-refractivity contribution in [3.63, 3.8) is 0 Å². The van der Waals surface area contributed by atoms with Crippen LogP contribution in [0.25, 0.3) is 0 Å². The number of carbonyl (C=O) groups is 2. The zero-order valence-corrected chi connectivity index (χ0v) is 10.7. The lowest BCUT2D eigenvalue weighted by Crippen LogP contribution is -2.42. The van der Waals surface area contributed by atoms with Crippen molar-refractivity contribution in [2.45, 2.75) is 12.8 Å². The number of likely N-dealkylation sites (tertiary alicyclic amines) is 1. The number of aromatic nitrogens is 1. The number of aromatic amines is 1. The zero-order valence-electron chi connectivity index (χ0n) is 9.15. The molecular weight excluding hydrogens is 288 g/mol. The fourth-order valence-corrected chi connectivity index (χ4v) is 2.37. The average molecular weight is 301 g/mol. The maximum absolute atomic E-state index is 12.1. The topological polar surface area (TPSA) is 73.4 Å². The van der Waals surface area contributed by atoms with Gasteiger partial charge in [-0.05, 0) is 34.8 Å². The third-order valence-corrected chi connectivity index (χ3v) is 3.39. The Hall–Kier alpha value is -1.30. The van der Waals surface area contributed by atoms with Crippen LogP contribution in [-0.2, 0) is 4.79 Å². The van der Waals surface area contributed by atoms with Crippen LogP contribution in [0.2, 0.25) is 0 Å². The Labute approximate surface area is 107 Å². The maximum atomic E-state index is 12.1. The standard InChI is InChI=1S/C11H13BrN2O3/c12-8-4-9(13-5-8)10(15)14-3-1-2-7(6-14)11(16)17/h4-5,7,13H,1-3,6H2,(H,16,17)/t7-/m0/s1. The van der Waals surface area contributed by atoms with Crippen molar-refractivity contribution in [2.75, 3.05) is 13.1 Å². The van der Waals surface area contributed by atoms with E-state index in [0.29, 0.717) is 25.2 Å². The molecule has 5 nitrogen and oxygen atoms in total. The van der Waals surface area contributed by atoms with Gasteiger partial charge in [-0.25, -0.2) is 0 Å². The third-order valence-electron chi connectivity index (χ3n) is 2.94. The van der Waals surface area contributed by atoms with Crippen LogP contribution in [0.4, 0.5) is 0 Å². The first-order valence-corrected chi connectivity index (χ1v) is 6.23. The highest BCUT2D eigenvalue weighted by atomic mass is 79.9. The Kier molecular flexibility index (Phi) is 3.51. The van der Waals surface area contributed by atoms with Gasteiger partial charge in [-0.15, -0.1) is 0 Å². The molecule has 0 unspecified atom stereocenters. The second-order valence-corrected chi connectivity index (χ2v) is 5.08. The normalized spacial score (nSPS) is 20.3. The Morgan fingerprint density at radius 3 is 2.88 bits per heavy atom. The number of aliphatic carboxylic acids is 1. The number of nitrogens with zero attached hydrogens (tertiary/aromatic N) is 1. The van der Waals surface area contributed by atoms with Gasteiger partial charge in [-0.1, -0.05) is 0 Å². The summed E-state index contributed by atoms with van der Waals surface area (Å²) in [6.07, 6.45) is 3.07. The molecule has 1 saturated heterocycles. The van der Waals surface area contributed by atoms with E-state index in [1.165, 1.54) is 0 Å². The van der Waals surface area contributed by atoms with E-state index in [1.807, 2.05) is 0 Å². The number of piperidine rings is 1. The summed E-state index contributed by atoms with van der Waals surface area (Å²) in [6.45, 7) is 0.921. The number of hydrogen-bond donors (Lipinski definition) is 2. The van der Waals surface area contributed by atoms with Gasteiger partial charge in [0.1, 0.15) is 5.69 Å². The van der Waals surface area contributed by atoms with Gasteiger partial charge in [-0.3, -0.25) is 9.59 Å². The first-order chi connectivity index (χ1) is 8.08. The third kappa shape index (κ3) is 2.69. The molecule has 1 atom stereocenters. The summed E-state index contributed by atoms with van der Waals surface area (Å²) in [7, 11) is 0. The molecule has 1 aromatic heterocycles. The monoisotopic (exact) mass is 300 g/mol. The van der Waals surface area contributed by atoms with E-state index in [-0.39, 0.29) is 5.91 Å². The quantitative estimate of drug-likeness (QED) is 0.873. The molecule has 1 aromatic rings. The van der Waals surface area contributed by atoms with Gasteiger partial charge in [0, 0.05) is 23.8 Å². The smallest absolute Gasteiger partial charge is 0.308 e. The second kappa shape index (κ2) is 4.91. The fraction of sp³-hybridized carbons (Fsp3) is 0.455. The summed E-state index contributed by atoms with van der Waals surface area (Å²) < 4.78 is 0.813. The van der Waals surface area contributed by atoms with Crippen molar-refractivity contribution in [1.82, 2.24) is 9.88 Å². The van der Waals surface area contributed by atoms with Crippen molar-refractivity contribution >= 4 is 27.8 Å². The highest BCUT2D eigenvalue weighted by molar-refractivity contribution is 9.10. The van der Waals surface area contributed by atoms with Gasteiger partial charge in [0.25, 0.3) is 5.91 Å². The van der Waals surface area contributed by atoms with Crippen LogP contribution in [-0.4, -0.2) is 40.0 Å². The summed E-state index contributed by atoms with van der Waals surface area (Å²) in [5.41, 5.74) is 0.489. The van der Waals surface area contributed by atoms with Crippen LogP contribution in [0.15, 0.2) is 16.7 Å². The first kappa shape index (κ1) is 12.2. The number of carboxylic acid groups (broad SMARTS) is 1. The van der Waals surface area contributed by atoms with Gasteiger partial charge in [0.15, 0.2) is 0 Å². The molecule has 0 radical (unpaired) electrons. The highest BCUT2D eigenvalue weighted by Gasteiger charge is 2.28. The number of carbonyl (C=O) groups excluding carboxylic acids is 1. The van der Waals surface area contributed by atoms with E-state index >= 15 is 0 Å². The summed E-state index contributed by atoms with van der Waals surface area (Å²) in [5, 5.41) is 8.96. The molecular formula is C11H13BrN2O3. The van der Waals surface area contributed by atoms with Crippen molar-refractivity contribution in [1.29, 1.82) is 0 Å². The maximum Gasteiger partial charge on any atom is 0.308 e. The number of H-pyrrole nitrogens is 1. The molecule has 17 heavy (non-hydrogen) atoms. The molecule has 2 heterocycles. The van der Waals surface area contributed by atoms with Crippen LogP contribution >= 0.6 is 15.9 Å². The summed E-state index contributed by atoms with van der Waals surface area (Å²) in [4.78, 5) is 27.4. The molecule has 0 aromatic carbocycles. The van der Waals surface area contributed by atoms with E-state index in [2.05, 4.69) is 20.9 Å². The summed E-state index contributed by atoms with van der Waals surface area (Å²) in [5.74, 6) is -1.40. The average Bonchev–Trinajstić information content (AvgIpc) is 2.75. The molecule has 1 fully saturated rings. The largest absolute Gasteiger partial charge is 0.481 e. The van der Waals surface area contributed by atoms with Crippen molar-refractivity contribution in [3.05, 3.63) is 22.4 Å². The summed E-state index contributed by atoms with van der Waals surface area (Å²) in [6, 6.07) is 1.70. The minimum absolute atomic E-state index is 0.137. The summed E-state index contributed by atoms with van der Waals surface area (Å²) >= 11 is 3.26. The Balaban J connectivity index is 2.07. The molecule has 1 amide bonds. The van der Waals surface area contributed by atoms with E-state index in [0.717, 1.165) is 10.9 Å². The molecule has 0 bridgehead atoms. The predicted molar refractivity (Wildman–Crippen MR) is 64.8 cm³/mol. The molecule has 0 saturated carbocycles. The van der Waals surface area contributed by atoms with Crippen LogP contribution in [0.1, 0.15) is 23.3 Å². The van der Waals surface area contributed by atoms with Gasteiger partial charge in [0.05, 0.1) is 5.92 Å². The predicted octanol–water partition coefficient (Wildman–Crippen LogP) is 1.71. The van der Waals surface area contributed by atoms with Crippen LogP contribution in [0, 0.1) is 5.92 Å². The second-order valence-electron chi connectivity index (χ2n) is 4.16. The number of hydrogen-bond acceptors (Lipinski definition) is 2. The van der Waals surface area contributed by atoms with Gasteiger partial charge >= 0.3 is 5.97 Å². The van der Waals surface area contributed by atoms with Crippen LogP contribution in [0.3, 0.4) is 0 Å². The van der Waals surface area contributed by atoms with E-state index in [4.69, 9.17) is 5.11 Å². The van der Waals surface area contributed by atoms with Crippen molar-refractivity contribution < 1.29 is 14.7 Å². The number of rotatable bonds is 2. The Bertz CT molecular complexity index is 444. The number of halogens is 1. The van der Waals surface area contributed by atoms with Crippen molar-refractivity contribution in [3.8, 4) is 0 Å². The van der Waals surface area contributed by atoms with E-state index in [9.17, 15) is 9.59 Å². The highest BCUT2D eigenvalue weighted by Crippen LogP contribution is 2.19. The van der Waals surface area contributed by atoms with Crippen LogP contribution < -0.4 is 0 Å². The fourth-order valence-electron chi connectivity index (χ4n) is 2.02. The van der Waals surface area contributed by atoms with Gasteiger partial charge in [-0.2, -0.15) is 0 Å². The van der Waals surface area contributed by atoms with Gasteiger partial charge < -0.3 is 15.0 Å². The molecule has 2 rings (SSSR count). The molecule has 1 aliphatic heterocycles. The molecule has 0 spiro atoms.